The van der Waals surface area contributed by atoms with Gasteiger partial charge in [0.25, 0.3) is 0 Å². The second-order valence-corrected chi connectivity index (χ2v) is 13.0. The molecule has 2 saturated heterocycles. The molecule has 1 atom stereocenters. The quantitative estimate of drug-likeness (QED) is 0.264. The first-order valence-electron chi connectivity index (χ1n) is 17.3. The number of aromatic nitrogens is 2. The zero-order chi connectivity index (χ0) is 32.4. The second kappa shape index (κ2) is 16.1. The van der Waals surface area contributed by atoms with Gasteiger partial charge in [0.05, 0.1) is 24.7 Å². The van der Waals surface area contributed by atoms with Crippen molar-refractivity contribution in [2.45, 2.75) is 57.5 Å². The standard InChI is InChI=1S/C37H48N8O2/c1-42-20-8-13-30(42)28-47-37-40-33-27-45(34-15-7-12-29-11-3-4-14-31(29)34)25-17-32(33)36(41-37)39-19-26-44(24-10-18-38)35(46)16-9-23-43-21-5-2-6-22-43/h3-4,7,9,11-12,14-16,30H,2,5-6,8,10,13,17,19-28H2,1H3,(H,39,40,41)/b16-9+/t30-/m0/s1. The molecule has 1 N–H and O–H groups in total. The number of nitrogens with zero attached hydrogens (tertiary/aromatic N) is 7. The maximum absolute atomic E-state index is 13.1. The molecule has 0 saturated carbocycles. The van der Waals surface area contributed by atoms with Crippen molar-refractivity contribution in [1.82, 2.24) is 24.7 Å². The van der Waals surface area contributed by atoms with E-state index in [1.165, 1.54) is 42.1 Å². The van der Waals surface area contributed by atoms with Crippen LogP contribution in [-0.4, -0.2) is 103 Å². The van der Waals surface area contributed by atoms with E-state index < -0.39 is 0 Å². The third-order valence-electron chi connectivity index (χ3n) is 9.78. The maximum atomic E-state index is 13.1. The Morgan fingerprint density at radius 2 is 1.91 bits per heavy atom. The molecule has 6 rings (SSSR count). The van der Waals surface area contributed by atoms with Crippen molar-refractivity contribution in [1.29, 1.82) is 5.26 Å². The molecule has 4 heterocycles. The normalized spacial score (nSPS) is 18.7. The average Bonchev–Trinajstić information content (AvgIpc) is 3.52. The molecule has 0 radical (unpaired) electrons. The summed E-state index contributed by atoms with van der Waals surface area (Å²) < 4.78 is 6.26. The van der Waals surface area contributed by atoms with Gasteiger partial charge in [0.15, 0.2) is 0 Å². The minimum atomic E-state index is -0.0563. The number of hydrogen-bond donors (Lipinski definition) is 1. The van der Waals surface area contributed by atoms with Crippen molar-refractivity contribution in [3.63, 3.8) is 0 Å². The predicted molar refractivity (Wildman–Crippen MR) is 187 cm³/mol. The summed E-state index contributed by atoms with van der Waals surface area (Å²) in [6, 6.07) is 17.9. The van der Waals surface area contributed by atoms with E-state index in [0.29, 0.717) is 51.3 Å². The molecule has 2 fully saturated rings. The van der Waals surface area contributed by atoms with Crippen LogP contribution < -0.4 is 15.0 Å². The molecular weight excluding hydrogens is 588 g/mol. The third-order valence-corrected chi connectivity index (χ3v) is 9.78. The Labute approximate surface area is 279 Å². The van der Waals surface area contributed by atoms with Gasteiger partial charge in [0, 0.05) is 61.5 Å². The van der Waals surface area contributed by atoms with Gasteiger partial charge in [0.1, 0.15) is 12.4 Å². The number of nitriles is 1. The van der Waals surface area contributed by atoms with Crippen molar-refractivity contribution in [2.24, 2.45) is 0 Å². The fourth-order valence-corrected chi connectivity index (χ4v) is 7.05. The van der Waals surface area contributed by atoms with Crippen LogP contribution in [0.25, 0.3) is 10.8 Å². The number of likely N-dealkylation sites (tertiary alicyclic amines) is 2. The second-order valence-electron chi connectivity index (χ2n) is 13.0. The van der Waals surface area contributed by atoms with Gasteiger partial charge >= 0.3 is 6.01 Å². The molecule has 0 bridgehead atoms. The number of rotatable bonds is 13. The van der Waals surface area contributed by atoms with E-state index in [2.05, 4.69) is 75.6 Å². The number of hydrogen-bond acceptors (Lipinski definition) is 9. The van der Waals surface area contributed by atoms with E-state index >= 15 is 0 Å². The van der Waals surface area contributed by atoms with E-state index in [9.17, 15) is 10.1 Å². The summed E-state index contributed by atoms with van der Waals surface area (Å²) in [5.41, 5.74) is 3.27. The smallest absolute Gasteiger partial charge is 0.318 e. The van der Waals surface area contributed by atoms with Crippen LogP contribution in [0.1, 0.15) is 49.8 Å². The first-order valence-corrected chi connectivity index (χ1v) is 17.3. The monoisotopic (exact) mass is 636 g/mol. The Morgan fingerprint density at radius 1 is 1.06 bits per heavy atom. The molecule has 3 aliphatic rings. The highest BCUT2D eigenvalue weighted by Crippen LogP contribution is 2.33. The van der Waals surface area contributed by atoms with Crippen LogP contribution in [0.15, 0.2) is 54.6 Å². The molecule has 47 heavy (non-hydrogen) atoms. The first-order chi connectivity index (χ1) is 23.1. The Kier molecular flexibility index (Phi) is 11.2. The molecule has 3 aliphatic heterocycles. The number of fused-ring (bicyclic) bond motifs is 2. The lowest BCUT2D eigenvalue weighted by molar-refractivity contribution is -0.125. The molecule has 3 aromatic rings. The van der Waals surface area contributed by atoms with Crippen LogP contribution in [0.3, 0.4) is 0 Å². The van der Waals surface area contributed by atoms with Crippen molar-refractivity contribution in [3.8, 4) is 12.1 Å². The van der Waals surface area contributed by atoms with Gasteiger partial charge in [0.2, 0.25) is 5.91 Å². The molecule has 10 heteroatoms. The minimum Gasteiger partial charge on any atom is -0.462 e. The highest BCUT2D eigenvalue weighted by atomic mass is 16.5. The van der Waals surface area contributed by atoms with Crippen LogP contribution in [-0.2, 0) is 17.8 Å². The SMILES string of the molecule is CN1CCC[C@H]1COc1nc2c(c(NCCN(CCC#N)C(=O)/C=C/CN3CCCCC3)n1)CCN(c1cccc3ccccc13)C2. The highest BCUT2D eigenvalue weighted by Gasteiger charge is 2.26. The van der Waals surface area contributed by atoms with Crippen molar-refractivity contribution in [3.05, 3.63) is 65.9 Å². The number of carbonyl (C=O) groups is 1. The van der Waals surface area contributed by atoms with Crippen LogP contribution in [0.2, 0.25) is 0 Å². The number of amides is 1. The number of benzene rings is 2. The summed E-state index contributed by atoms with van der Waals surface area (Å²) in [7, 11) is 2.14. The lowest BCUT2D eigenvalue weighted by atomic mass is 10.0. The van der Waals surface area contributed by atoms with Gasteiger partial charge in [-0.05, 0) is 70.2 Å². The Morgan fingerprint density at radius 3 is 2.74 bits per heavy atom. The molecule has 248 valence electrons. The molecular formula is C37H48N8O2. The summed E-state index contributed by atoms with van der Waals surface area (Å²) in [5, 5.41) is 15.2. The molecule has 2 aromatic carbocycles. The fourth-order valence-electron chi connectivity index (χ4n) is 7.05. The van der Waals surface area contributed by atoms with Gasteiger partial charge in [-0.1, -0.05) is 48.9 Å². The van der Waals surface area contributed by atoms with Crippen LogP contribution >= 0.6 is 0 Å². The lowest BCUT2D eigenvalue weighted by Gasteiger charge is -2.32. The number of nitrogens with one attached hydrogen (secondary N) is 1. The molecule has 0 unspecified atom stereocenters. The van der Waals surface area contributed by atoms with E-state index in [1.54, 1.807) is 11.0 Å². The summed E-state index contributed by atoms with van der Waals surface area (Å²) in [6.07, 6.45) is 10.8. The Hall–Kier alpha value is -4.20. The first kappa shape index (κ1) is 32.7. The third kappa shape index (κ3) is 8.40. The van der Waals surface area contributed by atoms with Crippen LogP contribution in [0.5, 0.6) is 6.01 Å². The van der Waals surface area contributed by atoms with E-state index in [0.717, 1.165) is 62.6 Å². The molecule has 1 amide bonds. The molecule has 0 spiro atoms. The molecule has 0 aliphatic carbocycles. The molecule has 10 nitrogen and oxygen atoms in total. The Balaban J connectivity index is 1.16. The fraction of sp³-hybridized carbons (Fsp3) is 0.514. The summed E-state index contributed by atoms with van der Waals surface area (Å²) in [4.78, 5) is 31.9. The zero-order valence-corrected chi connectivity index (χ0v) is 27.7. The van der Waals surface area contributed by atoms with Crippen LogP contribution in [0.4, 0.5) is 11.5 Å². The van der Waals surface area contributed by atoms with E-state index in [-0.39, 0.29) is 5.91 Å². The van der Waals surface area contributed by atoms with Crippen molar-refractivity contribution < 1.29 is 9.53 Å². The van der Waals surface area contributed by atoms with Crippen molar-refractivity contribution >= 4 is 28.2 Å². The Bertz CT molecular complexity index is 1580. The van der Waals surface area contributed by atoms with Gasteiger partial charge in [-0.3, -0.25) is 9.69 Å². The lowest BCUT2D eigenvalue weighted by Crippen LogP contribution is -2.36. The van der Waals surface area contributed by atoms with E-state index in [4.69, 9.17) is 14.7 Å². The molecule has 1 aromatic heterocycles. The minimum absolute atomic E-state index is 0.0563. The number of piperidine rings is 1. The number of anilines is 2. The zero-order valence-electron chi connectivity index (χ0n) is 27.7. The topological polar surface area (TPSA) is 101 Å². The largest absolute Gasteiger partial charge is 0.462 e. The van der Waals surface area contributed by atoms with Gasteiger partial charge in [-0.25, -0.2) is 0 Å². The average molecular weight is 637 g/mol. The van der Waals surface area contributed by atoms with Crippen LogP contribution in [0, 0.1) is 11.3 Å². The summed E-state index contributed by atoms with van der Waals surface area (Å²) >= 11 is 0. The predicted octanol–water partition coefficient (Wildman–Crippen LogP) is 4.86. The van der Waals surface area contributed by atoms with Gasteiger partial charge in [-0.2, -0.15) is 15.2 Å². The maximum Gasteiger partial charge on any atom is 0.318 e. The number of likely N-dealkylation sites (N-methyl/N-ethyl adjacent to an activating group) is 1. The summed E-state index contributed by atoms with van der Waals surface area (Å²) in [6.45, 7) is 7.50. The summed E-state index contributed by atoms with van der Waals surface area (Å²) in [5.74, 6) is 0.717. The van der Waals surface area contributed by atoms with E-state index in [1.807, 2.05) is 6.08 Å². The van der Waals surface area contributed by atoms with Gasteiger partial charge < -0.3 is 24.8 Å². The highest BCUT2D eigenvalue weighted by molar-refractivity contribution is 5.94. The van der Waals surface area contributed by atoms with Gasteiger partial charge in [-0.15, -0.1) is 0 Å². The number of ether oxygens (including phenoxy) is 1. The number of carbonyl (C=O) groups excluding carboxylic acids is 1. The van der Waals surface area contributed by atoms with Crippen molar-refractivity contribution in [2.75, 3.05) is 76.2 Å².